The van der Waals surface area contributed by atoms with Gasteiger partial charge in [-0.3, -0.25) is 0 Å². The third-order valence-electron chi connectivity index (χ3n) is 4.76. The monoisotopic (exact) mass is 300 g/mol. The Labute approximate surface area is 136 Å². The summed E-state index contributed by atoms with van der Waals surface area (Å²) in [6.45, 7) is 8.83. The van der Waals surface area contributed by atoms with Crippen LogP contribution in [0.2, 0.25) is 0 Å². The van der Waals surface area contributed by atoms with Gasteiger partial charge >= 0.3 is 0 Å². The van der Waals surface area contributed by atoms with Crippen molar-refractivity contribution in [1.82, 2.24) is 0 Å². The molecule has 1 heteroatoms. The molecule has 1 aromatic carbocycles. The van der Waals surface area contributed by atoms with E-state index in [9.17, 15) is 0 Å². The Morgan fingerprint density at radius 3 is 2.41 bits per heavy atom. The van der Waals surface area contributed by atoms with Gasteiger partial charge in [0.05, 0.1) is 0 Å². The topological polar surface area (TPSA) is 9.23 Å². The van der Waals surface area contributed by atoms with E-state index in [1.165, 1.54) is 67.2 Å². The predicted molar refractivity (Wildman–Crippen MR) is 95.6 cm³/mol. The third-order valence-corrected chi connectivity index (χ3v) is 4.76. The molecule has 122 valence electrons. The summed E-state index contributed by atoms with van der Waals surface area (Å²) in [7, 11) is 0. The molecule has 22 heavy (non-hydrogen) atoms. The van der Waals surface area contributed by atoms with Gasteiger partial charge in [0.15, 0.2) is 0 Å². The Morgan fingerprint density at radius 2 is 1.68 bits per heavy atom. The van der Waals surface area contributed by atoms with Crippen LogP contribution in [0.1, 0.15) is 82.4 Å². The summed E-state index contributed by atoms with van der Waals surface area (Å²) in [6.07, 6.45) is 11.5. The van der Waals surface area contributed by atoms with Crippen molar-refractivity contribution in [3.63, 3.8) is 0 Å². The summed E-state index contributed by atoms with van der Waals surface area (Å²) < 4.78 is 6.20. The molecule has 0 bridgehead atoms. The zero-order valence-corrected chi connectivity index (χ0v) is 14.9. The molecular weight excluding hydrogens is 268 g/mol. The highest BCUT2D eigenvalue weighted by Gasteiger charge is 2.19. The number of allylic oxidation sites excluding steroid dienone is 2. The molecule has 0 saturated carbocycles. The smallest absolute Gasteiger partial charge is 0.133 e. The Morgan fingerprint density at radius 1 is 0.955 bits per heavy atom. The van der Waals surface area contributed by atoms with Crippen LogP contribution in [0, 0.1) is 6.92 Å². The zero-order valence-electron chi connectivity index (χ0n) is 14.9. The first kappa shape index (κ1) is 17.1. The minimum absolute atomic E-state index is 1.05. The van der Waals surface area contributed by atoms with Gasteiger partial charge < -0.3 is 4.74 Å². The summed E-state index contributed by atoms with van der Waals surface area (Å²) in [6, 6.07) is 4.58. The highest BCUT2D eigenvalue weighted by atomic mass is 16.5. The van der Waals surface area contributed by atoms with Gasteiger partial charge in [-0.1, -0.05) is 63.6 Å². The number of ether oxygens (including phenoxy) is 1. The Kier molecular flexibility index (Phi) is 6.54. The van der Waals surface area contributed by atoms with E-state index in [0.29, 0.717) is 0 Å². The van der Waals surface area contributed by atoms with Crippen molar-refractivity contribution in [2.45, 2.75) is 85.5 Å². The fraction of sp³-hybridized carbons (Fsp3) is 0.619. The van der Waals surface area contributed by atoms with Gasteiger partial charge in [0.25, 0.3) is 0 Å². The first-order valence-corrected chi connectivity index (χ1v) is 9.14. The minimum Gasteiger partial charge on any atom is -0.461 e. The molecule has 0 fully saturated rings. The van der Waals surface area contributed by atoms with Gasteiger partial charge in [0, 0.05) is 6.42 Å². The number of rotatable bonds is 8. The average Bonchev–Trinajstić information content (AvgIpc) is 2.50. The van der Waals surface area contributed by atoms with Crippen molar-refractivity contribution in [1.29, 1.82) is 0 Å². The molecule has 1 aliphatic rings. The molecule has 0 amide bonds. The summed E-state index contributed by atoms with van der Waals surface area (Å²) in [5.74, 6) is 2.29. The van der Waals surface area contributed by atoms with E-state index in [4.69, 9.17) is 4.74 Å². The van der Waals surface area contributed by atoms with Crippen LogP contribution >= 0.6 is 0 Å². The lowest BCUT2D eigenvalue weighted by Crippen LogP contribution is -2.11. The molecular formula is C21H32O. The Hall–Kier alpha value is -1.24. The molecule has 0 N–H and O–H groups in total. The molecule has 0 saturated heterocycles. The number of unbranched alkanes of at least 4 members (excludes halogenated alkanes) is 5. The largest absolute Gasteiger partial charge is 0.461 e. The number of hydrogen-bond acceptors (Lipinski definition) is 1. The van der Waals surface area contributed by atoms with Gasteiger partial charge in [-0.2, -0.15) is 0 Å². The van der Waals surface area contributed by atoms with Crippen LogP contribution in [0.15, 0.2) is 23.5 Å². The summed E-state index contributed by atoms with van der Waals surface area (Å²) in [5, 5.41) is 0. The van der Waals surface area contributed by atoms with E-state index in [-0.39, 0.29) is 0 Å². The number of benzene rings is 1. The average molecular weight is 300 g/mol. The van der Waals surface area contributed by atoms with E-state index >= 15 is 0 Å². The Bertz CT molecular complexity index is 525. The van der Waals surface area contributed by atoms with Gasteiger partial charge in [0.2, 0.25) is 0 Å². The second kappa shape index (κ2) is 8.41. The second-order valence-corrected chi connectivity index (χ2v) is 6.72. The molecule has 0 radical (unpaired) electrons. The van der Waals surface area contributed by atoms with Crippen LogP contribution in [0.5, 0.6) is 5.75 Å². The first-order chi connectivity index (χ1) is 10.7. The van der Waals surface area contributed by atoms with Gasteiger partial charge in [-0.25, -0.2) is 0 Å². The lowest BCUT2D eigenvalue weighted by molar-refractivity contribution is 0.393. The summed E-state index contributed by atoms with van der Waals surface area (Å²) in [4.78, 5) is 0. The van der Waals surface area contributed by atoms with Crippen molar-refractivity contribution in [3.05, 3.63) is 40.2 Å². The lowest BCUT2D eigenvalue weighted by Gasteiger charge is -2.24. The molecule has 0 aliphatic carbocycles. The van der Waals surface area contributed by atoms with Gasteiger partial charge in [0.1, 0.15) is 11.5 Å². The summed E-state index contributed by atoms with van der Waals surface area (Å²) in [5.41, 5.74) is 5.62. The Balaban J connectivity index is 1.94. The van der Waals surface area contributed by atoms with Gasteiger partial charge in [-0.05, 0) is 49.8 Å². The normalized spacial score (nSPS) is 14.0. The van der Waals surface area contributed by atoms with Crippen molar-refractivity contribution >= 4 is 0 Å². The maximum Gasteiger partial charge on any atom is 0.133 e. The molecule has 0 spiro atoms. The number of fused-ring (bicyclic) bond motifs is 1. The van der Waals surface area contributed by atoms with Gasteiger partial charge in [-0.15, -0.1) is 0 Å². The zero-order chi connectivity index (χ0) is 15.9. The first-order valence-electron chi connectivity index (χ1n) is 9.14. The van der Waals surface area contributed by atoms with Crippen LogP contribution in [0.4, 0.5) is 0 Å². The van der Waals surface area contributed by atoms with E-state index in [1.807, 2.05) is 0 Å². The quantitative estimate of drug-likeness (QED) is 0.497. The van der Waals surface area contributed by atoms with E-state index in [0.717, 1.165) is 24.4 Å². The van der Waals surface area contributed by atoms with Crippen molar-refractivity contribution in [2.75, 3.05) is 0 Å². The molecule has 0 aromatic heterocycles. The molecule has 1 heterocycles. The van der Waals surface area contributed by atoms with Crippen LogP contribution in [-0.2, 0) is 12.8 Å². The number of aryl methyl sites for hydroxylation is 2. The fourth-order valence-electron chi connectivity index (χ4n) is 3.42. The van der Waals surface area contributed by atoms with Crippen molar-refractivity contribution in [2.24, 2.45) is 0 Å². The SMILES string of the molecule is CCCCCCCCC1=C(C)Oc2c(CC)cc(C)cc2C1. The van der Waals surface area contributed by atoms with E-state index in [1.54, 1.807) is 0 Å². The third kappa shape index (κ3) is 4.38. The number of hydrogen-bond donors (Lipinski definition) is 0. The van der Waals surface area contributed by atoms with Crippen LogP contribution in [0.3, 0.4) is 0 Å². The fourth-order valence-corrected chi connectivity index (χ4v) is 3.42. The molecule has 1 nitrogen and oxygen atoms in total. The maximum absolute atomic E-state index is 6.20. The highest BCUT2D eigenvalue weighted by Crippen LogP contribution is 2.36. The summed E-state index contributed by atoms with van der Waals surface area (Å²) >= 11 is 0. The molecule has 2 rings (SSSR count). The predicted octanol–water partition coefficient (Wildman–Crippen LogP) is 6.52. The van der Waals surface area contributed by atoms with Crippen LogP contribution in [0.25, 0.3) is 0 Å². The van der Waals surface area contributed by atoms with Crippen LogP contribution in [-0.4, -0.2) is 0 Å². The van der Waals surface area contributed by atoms with Crippen molar-refractivity contribution < 1.29 is 4.74 Å². The molecule has 1 aromatic rings. The molecule has 1 aliphatic heterocycles. The van der Waals surface area contributed by atoms with E-state index < -0.39 is 0 Å². The van der Waals surface area contributed by atoms with E-state index in [2.05, 4.69) is 39.8 Å². The molecule has 0 unspecified atom stereocenters. The lowest BCUT2D eigenvalue weighted by atomic mass is 9.92. The minimum atomic E-state index is 1.05. The maximum atomic E-state index is 6.20. The second-order valence-electron chi connectivity index (χ2n) is 6.72. The standard InChI is InChI=1S/C21H32O/c1-5-7-8-9-10-11-12-19-15-20-14-16(3)13-18(6-2)21(20)22-17(19)4/h13-14H,5-12,15H2,1-4H3. The van der Waals surface area contributed by atoms with Crippen molar-refractivity contribution in [3.8, 4) is 5.75 Å². The van der Waals surface area contributed by atoms with Crippen LogP contribution < -0.4 is 4.74 Å². The highest BCUT2D eigenvalue weighted by molar-refractivity contribution is 5.49. The molecule has 0 atom stereocenters.